The molecule has 3 heteroatoms. The molecule has 2 aliphatic heterocycles. The Labute approximate surface area is 70.7 Å². The number of hydrogen-bond acceptors (Lipinski definition) is 1. The van der Waals surface area contributed by atoms with Gasteiger partial charge >= 0.3 is 0 Å². The molecular formula is C8H12OP2. The third-order valence-corrected chi connectivity index (χ3v) is 4.32. The van der Waals surface area contributed by atoms with Gasteiger partial charge in [-0.1, -0.05) is 16.4 Å². The molecule has 0 amide bonds. The van der Waals surface area contributed by atoms with Gasteiger partial charge in [0.1, 0.15) is 0 Å². The van der Waals surface area contributed by atoms with Crippen LogP contribution in [-0.2, 0) is 4.74 Å². The van der Waals surface area contributed by atoms with Gasteiger partial charge in [0.2, 0.25) is 0 Å². The van der Waals surface area contributed by atoms with E-state index in [9.17, 15) is 0 Å². The Morgan fingerprint density at radius 3 is 1.82 bits per heavy atom. The first-order chi connectivity index (χ1) is 5.45. The van der Waals surface area contributed by atoms with E-state index < -0.39 is 0 Å². The van der Waals surface area contributed by atoms with Gasteiger partial charge in [-0.05, 0) is 38.0 Å². The summed E-state index contributed by atoms with van der Waals surface area (Å²) in [5.41, 5.74) is 2.66. The highest BCUT2D eigenvalue weighted by atomic mass is 31.1. The van der Waals surface area contributed by atoms with Crippen molar-refractivity contribution in [3.05, 3.63) is 0 Å². The van der Waals surface area contributed by atoms with Gasteiger partial charge in [-0.25, -0.2) is 0 Å². The second-order valence-corrected chi connectivity index (χ2v) is 5.38. The van der Waals surface area contributed by atoms with Crippen molar-refractivity contribution in [2.24, 2.45) is 0 Å². The minimum absolute atomic E-state index is 1.21. The number of hydrogen-bond donors (Lipinski definition) is 0. The number of ether oxygens (including phenoxy) is 1. The summed E-state index contributed by atoms with van der Waals surface area (Å²) in [6.07, 6.45) is 7.72. The number of rotatable bonds is 2. The van der Waals surface area contributed by atoms with E-state index in [1.807, 2.05) is 0 Å². The van der Waals surface area contributed by atoms with Crippen molar-refractivity contribution in [1.82, 2.24) is 0 Å². The van der Waals surface area contributed by atoms with E-state index in [4.69, 9.17) is 4.74 Å². The summed E-state index contributed by atoms with van der Waals surface area (Å²) in [5, 5.41) is 0. The van der Waals surface area contributed by atoms with Crippen LogP contribution in [-0.4, -0.2) is 23.3 Å². The van der Waals surface area contributed by atoms with Crippen LogP contribution in [0.2, 0.25) is 0 Å². The van der Waals surface area contributed by atoms with Crippen molar-refractivity contribution in [2.45, 2.75) is 25.7 Å². The average Bonchev–Trinajstić information content (AvgIpc) is 2.60. The molecule has 60 valence electrons. The molecule has 0 spiro atoms. The average molecular weight is 186 g/mol. The Bertz CT molecular complexity index is 186. The molecule has 0 aliphatic carbocycles. The van der Waals surface area contributed by atoms with Crippen molar-refractivity contribution >= 4 is 27.4 Å². The zero-order chi connectivity index (χ0) is 7.52. The van der Waals surface area contributed by atoms with Gasteiger partial charge in [-0.15, -0.1) is 0 Å². The summed E-state index contributed by atoms with van der Waals surface area (Å²) in [7, 11) is 2.89. The highest BCUT2D eigenvalue weighted by Gasteiger charge is 2.11. The predicted molar refractivity (Wildman–Crippen MR) is 53.1 cm³/mol. The molecular weight excluding hydrogens is 174 g/mol. The first kappa shape index (κ1) is 7.92. The van der Waals surface area contributed by atoms with Gasteiger partial charge in [0.05, 0.1) is 11.0 Å². The molecule has 1 nitrogen and oxygen atoms in total. The highest BCUT2D eigenvalue weighted by Crippen LogP contribution is 2.23. The third kappa shape index (κ3) is 2.12. The first-order valence-corrected chi connectivity index (χ1v) is 6.35. The van der Waals surface area contributed by atoms with Crippen LogP contribution in [0.3, 0.4) is 0 Å². The van der Waals surface area contributed by atoms with Crippen molar-refractivity contribution in [3.63, 3.8) is 0 Å². The molecule has 0 atom stereocenters. The molecule has 0 saturated carbocycles. The van der Waals surface area contributed by atoms with E-state index >= 15 is 0 Å². The summed E-state index contributed by atoms with van der Waals surface area (Å²) < 4.78 is 5.78. The maximum Gasteiger partial charge on any atom is 0.0816 e. The SMILES string of the molecule is C1CP=C(OC2=PCCC2)C1. The van der Waals surface area contributed by atoms with Gasteiger partial charge < -0.3 is 4.74 Å². The van der Waals surface area contributed by atoms with E-state index in [2.05, 4.69) is 0 Å². The van der Waals surface area contributed by atoms with Crippen LogP contribution in [0.5, 0.6) is 0 Å². The second kappa shape index (κ2) is 3.81. The van der Waals surface area contributed by atoms with Crippen molar-refractivity contribution < 1.29 is 4.74 Å². The Hall–Kier alpha value is 0.300. The van der Waals surface area contributed by atoms with Gasteiger partial charge in [0.15, 0.2) is 0 Å². The van der Waals surface area contributed by atoms with Gasteiger partial charge in [-0.2, -0.15) is 0 Å². The molecule has 11 heavy (non-hydrogen) atoms. The molecule has 0 aromatic heterocycles. The fraction of sp³-hybridized carbons (Fsp3) is 0.750. The maximum atomic E-state index is 5.78. The normalized spacial score (nSPS) is 26.5. The monoisotopic (exact) mass is 186 g/mol. The topological polar surface area (TPSA) is 9.23 Å². The molecule has 0 N–H and O–H groups in total. The van der Waals surface area contributed by atoms with Crippen LogP contribution in [0.1, 0.15) is 25.7 Å². The molecule has 0 aromatic carbocycles. The summed E-state index contributed by atoms with van der Waals surface area (Å²) in [5.74, 6) is 0. The molecule has 2 rings (SSSR count). The fourth-order valence-corrected chi connectivity index (χ4v) is 3.51. The van der Waals surface area contributed by atoms with Gasteiger partial charge in [0, 0.05) is 0 Å². The summed E-state index contributed by atoms with van der Waals surface area (Å²) in [6.45, 7) is 0. The molecule has 0 bridgehead atoms. The van der Waals surface area contributed by atoms with Crippen LogP contribution < -0.4 is 0 Å². The smallest absolute Gasteiger partial charge is 0.0816 e. The van der Waals surface area contributed by atoms with E-state index in [0.717, 1.165) is 0 Å². The molecule has 0 saturated heterocycles. The zero-order valence-electron chi connectivity index (χ0n) is 6.55. The maximum absolute atomic E-state index is 5.78. The molecule has 0 radical (unpaired) electrons. The minimum atomic E-state index is 1.21. The predicted octanol–water partition coefficient (Wildman–Crippen LogP) is 2.74. The Balaban J connectivity index is 1.89. The molecule has 0 unspecified atom stereocenters. The zero-order valence-corrected chi connectivity index (χ0v) is 8.33. The molecule has 0 aromatic rings. The van der Waals surface area contributed by atoms with E-state index in [-0.39, 0.29) is 0 Å². The van der Waals surface area contributed by atoms with Crippen molar-refractivity contribution in [1.29, 1.82) is 0 Å². The minimum Gasteiger partial charge on any atom is -0.310 e. The molecule has 0 fully saturated rings. The second-order valence-electron chi connectivity index (χ2n) is 2.86. The largest absolute Gasteiger partial charge is 0.310 e. The quantitative estimate of drug-likeness (QED) is 0.602. The van der Waals surface area contributed by atoms with E-state index in [0.29, 0.717) is 0 Å². The lowest BCUT2D eigenvalue weighted by Gasteiger charge is -2.01. The van der Waals surface area contributed by atoms with Crippen LogP contribution in [0, 0.1) is 0 Å². The Morgan fingerprint density at radius 1 is 0.909 bits per heavy atom. The standard InChI is InChI=1S/C8H12OP2/c1-3-7(10-5-1)9-8-4-2-6-11-8/h1-6H2. The van der Waals surface area contributed by atoms with E-state index in [1.54, 1.807) is 0 Å². The van der Waals surface area contributed by atoms with Crippen molar-refractivity contribution in [3.8, 4) is 0 Å². The van der Waals surface area contributed by atoms with Crippen LogP contribution in [0.25, 0.3) is 0 Å². The summed E-state index contributed by atoms with van der Waals surface area (Å²) >= 11 is 0. The first-order valence-electron chi connectivity index (χ1n) is 4.20. The molecule has 2 aliphatic rings. The highest BCUT2D eigenvalue weighted by molar-refractivity contribution is 7.42. The van der Waals surface area contributed by atoms with Gasteiger partial charge in [0.25, 0.3) is 0 Å². The lowest BCUT2D eigenvalue weighted by molar-refractivity contribution is 0.539. The lowest BCUT2D eigenvalue weighted by atomic mass is 10.3. The molecule has 2 heterocycles. The summed E-state index contributed by atoms with van der Waals surface area (Å²) in [4.78, 5) is 0. The Morgan fingerprint density at radius 2 is 1.45 bits per heavy atom. The summed E-state index contributed by atoms with van der Waals surface area (Å²) in [6, 6.07) is 0. The third-order valence-electron chi connectivity index (χ3n) is 1.91. The van der Waals surface area contributed by atoms with Crippen molar-refractivity contribution in [2.75, 3.05) is 12.3 Å². The fourth-order valence-electron chi connectivity index (χ4n) is 1.33. The van der Waals surface area contributed by atoms with E-state index in [1.165, 1.54) is 65.4 Å². The van der Waals surface area contributed by atoms with Crippen LogP contribution in [0.15, 0.2) is 0 Å². The van der Waals surface area contributed by atoms with Crippen LogP contribution >= 0.6 is 16.4 Å². The van der Waals surface area contributed by atoms with Crippen LogP contribution in [0.4, 0.5) is 0 Å². The van der Waals surface area contributed by atoms with Gasteiger partial charge in [-0.3, -0.25) is 0 Å². The lowest BCUT2D eigenvalue weighted by Crippen LogP contribution is -2.04. The Kier molecular flexibility index (Phi) is 2.74.